The van der Waals surface area contributed by atoms with Crippen LogP contribution in [0.5, 0.6) is 11.5 Å². The number of anilines is 1. The van der Waals surface area contributed by atoms with Crippen LogP contribution in [-0.4, -0.2) is 36.1 Å². The van der Waals surface area contributed by atoms with Gasteiger partial charge in [0.15, 0.2) is 16.7 Å². The summed E-state index contributed by atoms with van der Waals surface area (Å²) < 4.78 is 52.0. The molecule has 0 spiro atoms. The number of aromatic nitrogens is 2. The molecule has 28 heavy (non-hydrogen) atoms. The summed E-state index contributed by atoms with van der Waals surface area (Å²) in [5.74, 6) is 0.580. The molecular weight excluding hydrogens is 399 g/mol. The predicted molar refractivity (Wildman–Crippen MR) is 96.7 cm³/mol. The van der Waals surface area contributed by atoms with Crippen LogP contribution in [0.1, 0.15) is 30.9 Å². The Balaban J connectivity index is 1.59. The highest BCUT2D eigenvalue weighted by Crippen LogP contribution is 2.34. The zero-order valence-corrected chi connectivity index (χ0v) is 15.8. The summed E-state index contributed by atoms with van der Waals surface area (Å²) in [5.41, 5.74) is 0.807. The maximum absolute atomic E-state index is 12.3. The number of hydrogen-bond donors (Lipinski definition) is 1. The van der Waals surface area contributed by atoms with E-state index in [1.54, 1.807) is 12.1 Å². The average Bonchev–Trinajstić information content (AvgIpc) is 2.66. The molecule has 1 aliphatic heterocycles. The van der Waals surface area contributed by atoms with Crippen molar-refractivity contribution in [2.24, 2.45) is 0 Å². The molecule has 1 N–H and O–H groups in total. The first kappa shape index (κ1) is 20.5. The molecule has 1 saturated heterocycles. The van der Waals surface area contributed by atoms with E-state index in [-0.39, 0.29) is 23.1 Å². The number of halogens is 4. The second-order valence-electron chi connectivity index (χ2n) is 6.22. The van der Waals surface area contributed by atoms with E-state index in [2.05, 4.69) is 20.0 Å². The Morgan fingerprint density at radius 3 is 2.64 bits per heavy atom. The van der Waals surface area contributed by atoms with Crippen molar-refractivity contribution in [3.05, 3.63) is 41.3 Å². The normalized spacial score (nSPS) is 19.9. The first-order valence-electron chi connectivity index (χ1n) is 8.65. The fraction of sp³-hybridized carbons (Fsp3) is 0.444. The minimum absolute atomic E-state index is 0.0942. The van der Waals surface area contributed by atoms with Crippen molar-refractivity contribution in [1.82, 2.24) is 9.97 Å². The van der Waals surface area contributed by atoms with Crippen LogP contribution in [0, 0.1) is 0 Å². The van der Waals surface area contributed by atoms with E-state index in [9.17, 15) is 13.2 Å². The molecule has 152 valence electrons. The topological polar surface area (TPSA) is 65.5 Å². The molecule has 0 bridgehead atoms. The Kier molecular flexibility index (Phi) is 6.46. The van der Waals surface area contributed by atoms with Crippen LogP contribution in [0.2, 0.25) is 5.15 Å². The quantitative estimate of drug-likeness (QED) is 0.684. The molecule has 0 saturated carbocycles. The zero-order chi connectivity index (χ0) is 20.1. The van der Waals surface area contributed by atoms with Gasteiger partial charge < -0.3 is 19.5 Å². The monoisotopic (exact) mass is 417 g/mol. The smallest absolute Gasteiger partial charge is 0.490 e. The van der Waals surface area contributed by atoms with Crippen LogP contribution in [0.25, 0.3) is 0 Å². The van der Waals surface area contributed by atoms with Gasteiger partial charge in [0.25, 0.3) is 0 Å². The van der Waals surface area contributed by atoms with Gasteiger partial charge in [0.05, 0.1) is 19.3 Å². The second kappa shape index (κ2) is 8.83. The van der Waals surface area contributed by atoms with E-state index in [1.165, 1.54) is 25.6 Å². The fourth-order valence-electron chi connectivity index (χ4n) is 3.05. The Labute approximate surface area is 165 Å². The molecule has 0 aliphatic carbocycles. The van der Waals surface area contributed by atoms with Gasteiger partial charge in [-0.3, -0.25) is 0 Å². The Hall–Kier alpha value is -2.26. The second-order valence-corrected chi connectivity index (χ2v) is 6.58. The van der Waals surface area contributed by atoms with Gasteiger partial charge in [0.1, 0.15) is 12.1 Å². The van der Waals surface area contributed by atoms with E-state index >= 15 is 0 Å². The molecule has 2 atom stereocenters. The van der Waals surface area contributed by atoms with Gasteiger partial charge in [-0.25, -0.2) is 9.97 Å². The number of hydrogen-bond acceptors (Lipinski definition) is 6. The number of nitrogens with one attached hydrogen (secondary N) is 1. The molecule has 0 radical (unpaired) electrons. The van der Waals surface area contributed by atoms with E-state index in [0.29, 0.717) is 18.1 Å². The lowest BCUT2D eigenvalue weighted by Crippen LogP contribution is -2.29. The van der Waals surface area contributed by atoms with Gasteiger partial charge in [0, 0.05) is 6.54 Å². The summed E-state index contributed by atoms with van der Waals surface area (Å²) in [6.45, 7) is 0.482. The molecule has 3 rings (SSSR count). The van der Waals surface area contributed by atoms with Crippen LogP contribution in [0.15, 0.2) is 30.6 Å². The number of rotatable bonds is 6. The van der Waals surface area contributed by atoms with Gasteiger partial charge in [0.2, 0.25) is 0 Å². The molecule has 1 fully saturated rings. The SMILES string of the molecule is COc1c(Cl)ncnc1NCC1CCCC(c2ccc(OC(F)(F)F)cc2)O1. The van der Waals surface area contributed by atoms with Crippen LogP contribution < -0.4 is 14.8 Å². The highest BCUT2D eigenvalue weighted by atomic mass is 35.5. The van der Waals surface area contributed by atoms with Crippen LogP contribution in [-0.2, 0) is 4.74 Å². The minimum Gasteiger partial charge on any atom is -0.490 e. The van der Waals surface area contributed by atoms with Gasteiger partial charge in [-0.2, -0.15) is 0 Å². The van der Waals surface area contributed by atoms with Gasteiger partial charge in [-0.1, -0.05) is 23.7 Å². The minimum atomic E-state index is -4.70. The number of methoxy groups -OCH3 is 1. The molecule has 1 aromatic heterocycles. The summed E-state index contributed by atoms with van der Waals surface area (Å²) in [6, 6.07) is 5.77. The lowest BCUT2D eigenvalue weighted by Gasteiger charge is -2.31. The largest absolute Gasteiger partial charge is 0.573 e. The van der Waals surface area contributed by atoms with Gasteiger partial charge >= 0.3 is 6.36 Å². The molecular formula is C18H19ClF3N3O3. The molecule has 2 unspecified atom stereocenters. The van der Waals surface area contributed by atoms with Crippen molar-refractivity contribution >= 4 is 17.4 Å². The van der Waals surface area contributed by atoms with Crippen molar-refractivity contribution in [2.45, 2.75) is 37.8 Å². The van der Waals surface area contributed by atoms with Gasteiger partial charge in [-0.15, -0.1) is 13.2 Å². The number of ether oxygens (including phenoxy) is 3. The van der Waals surface area contributed by atoms with Crippen molar-refractivity contribution in [1.29, 1.82) is 0 Å². The van der Waals surface area contributed by atoms with E-state index < -0.39 is 6.36 Å². The highest BCUT2D eigenvalue weighted by Gasteiger charge is 2.31. The van der Waals surface area contributed by atoms with Crippen LogP contribution >= 0.6 is 11.6 Å². The molecule has 2 heterocycles. The first-order chi connectivity index (χ1) is 13.4. The lowest BCUT2D eigenvalue weighted by atomic mass is 9.98. The third-order valence-corrected chi connectivity index (χ3v) is 4.57. The number of benzene rings is 1. The van der Waals surface area contributed by atoms with E-state index in [1.807, 2.05) is 0 Å². The average molecular weight is 418 g/mol. The summed E-state index contributed by atoms with van der Waals surface area (Å²) in [6.07, 6.45) is -1.09. The molecule has 2 aromatic rings. The summed E-state index contributed by atoms with van der Waals surface area (Å²) in [7, 11) is 1.48. The van der Waals surface area contributed by atoms with Crippen molar-refractivity contribution in [3.63, 3.8) is 0 Å². The summed E-state index contributed by atoms with van der Waals surface area (Å²) in [5, 5.41) is 3.36. The Bertz CT molecular complexity index is 790. The van der Waals surface area contributed by atoms with Crippen molar-refractivity contribution < 1.29 is 27.4 Å². The third kappa shape index (κ3) is 5.39. The Morgan fingerprint density at radius 2 is 1.96 bits per heavy atom. The third-order valence-electron chi connectivity index (χ3n) is 4.30. The molecule has 10 heteroatoms. The molecule has 0 amide bonds. The standard InChI is InChI=1S/C18H19ClF3N3O3/c1-26-15-16(19)24-10-25-17(15)23-9-13-3-2-4-14(27-13)11-5-7-12(8-6-11)28-18(20,21)22/h5-8,10,13-14H,2-4,9H2,1H3,(H,23,24,25). The first-order valence-corrected chi connectivity index (χ1v) is 9.03. The van der Waals surface area contributed by atoms with Crippen LogP contribution in [0.4, 0.5) is 19.0 Å². The van der Waals surface area contributed by atoms with E-state index in [0.717, 1.165) is 24.8 Å². The number of alkyl halides is 3. The van der Waals surface area contributed by atoms with E-state index in [4.69, 9.17) is 21.1 Å². The summed E-state index contributed by atoms with van der Waals surface area (Å²) in [4.78, 5) is 7.98. The van der Waals surface area contributed by atoms with Crippen molar-refractivity contribution in [3.8, 4) is 11.5 Å². The maximum Gasteiger partial charge on any atom is 0.573 e. The summed E-state index contributed by atoms with van der Waals surface area (Å²) >= 11 is 5.98. The zero-order valence-electron chi connectivity index (χ0n) is 15.0. The fourth-order valence-corrected chi connectivity index (χ4v) is 3.26. The maximum atomic E-state index is 12.3. The Morgan fingerprint density at radius 1 is 1.21 bits per heavy atom. The van der Waals surface area contributed by atoms with Crippen molar-refractivity contribution in [2.75, 3.05) is 19.0 Å². The molecule has 1 aromatic carbocycles. The number of nitrogens with zero attached hydrogens (tertiary/aromatic N) is 2. The molecule has 1 aliphatic rings. The molecule has 6 nitrogen and oxygen atoms in total. The lowest BCUT2D eigenvalue weighted by molar-refractivity contribution is -0.274. The van der Waals surface area contributed by atoms with Crippen LogP contribution in [0.3, 0.4) is 0 Å². The van der Waals surface area contributed by atoms with Gasteiger partial charge in [-0.05, 0) is 37.0 Å². The predicted octanol–water partition coefficient (Wildman–Crippen LogP) is 4.76. The highest BCUT2D eigenvalue weighted by molar-refractivity contribution is 6.31.